The number of aromatic nitrogens is 2. The molecule has 0 aliphatic carbocycles. The Labute approximate surface area is 156 Å². The third kappa shape index (κ3) is 3.19. The van der Waals surface area contributed by atoms with Crippen LogP contribution in [0.25, 0.3) is 16.6 Å². The summed E-state index contributed by atoms with van der Waals surface area (Å²) in [6.07, 6.45) is 0. The van der Waals surface area contributed by atoms with Gasteiger partial charge in [0.05, 0.1) is 11.2 Å². The molecular weight excluding hydrogens is 341 g/mol. The van der Waals surface area contributed by atoms with Crippen molar-refractivity contribution in [3.8, 4) is 5.69 Å². The summed E-state index contributed by atoms with van der Waals surface area (Å²) in [5, 5.41) is 8.16. The molecule has 4 rings (SSSR count). The summed E-state index contributed by atoms with van der Waals surface area (Å²) in [4.78, 5) is 12.9. The van der Waals surface area contributed by atoms with Gasteiger partial charge in [-0.05, 0) is 55.8 Å². The van der Waals surface area contributed by atoms with Gasteiger partial charge in [0.15, 0.2) is 5.69 Å². The number of para-hydroxylation sites is 1. The van der Waals surface area contributed by atoms with E-state index in [1.165, 1.54) is 12.1 Å². The molecule has 3 aromatic carbocycles. The van der Waals surface area contributed by atoms with Crippen molar-refractivity contribution < 1.29 is 9.18 Å². The molecule has 1 N–H and O–H groups in total. The SMILES string of the molecule is Cc1ccc(-n2nc(C(=O)Nc3ccc(F)cc3C)c3ccccc32)cc1. The summed E-state index contributed by atoms with van der Waals surface area (Å²) < 4.78 is 15.1. The quantitative estimate of drug-likeness (QED) is 0.557. The molecule has 0 fully saturated rings. The van der Waals surface area contributed by atoms with Crippen molar-refractivity contribution in [2.75, 3.05) is 5.32 Å². The van der Waals surface area contributed by atoms with Crippen molar-refractivity contribution in [3.63, 3.8) is 0 Å². The number of halogens is 1. The Balaban J connectivity index is 1.77. The first-order valence-corrected chi connectivity index (χ1v) is 8.65. The molecule has 0 atom stereocenters. The second-order valence-corrected chi connectivity index (χ2v) is 6.53. The van der Waals surface area contributed by atoms with E-state index < -0.39 is 0 Å². The van der Waals surface area contributed by atoms with Gasteiger partial charge < -0.3 is 5.32 Å². The van der Waals surface area contributed by atoms with Crippen LogP contribution in [0, 0.1) is 19.7 Å². The summed E-state index contributed by atoms with van der Waals surface area (Å²) in [5.74, 6) is -0.661. The Kier molecular flexibility index (Phi) is 4.20. The molecule has 0 unspecified atom stereocenters. The van der Waals surface area contributed by atoms with Crippen LogP contribution in [-0.4, -0.2) is 15.7 Å². The Morgan fingerprint density at radius 1 is 1.00 bits per heavy atom. The fourth-order valence-electron chi connectivity index (χ4n) is 3.07. The van der Waals surface area contributed by atoms with Crippen LogP contribution in [0.15, 0.2) is 66.7 Å². The van der Waals surface area contributed by atoms with Crippen molar-refractivity contribution in [1.29, 1.82) is 0 Å². The zero-order valence-electron chi connectivity index (χ0n) is 15.0. The molecule has 0 saturated carbocycles. The van der Waals surface area contributed by atoms with E-state index in [1.54, 1.807) is 17.7 Å². The van der Waals surface area contributed by atoms with Gasteiger partial charge in [0.25, 0.3) is 5.91 Å². The Bertz CT molecular complexity index is 1150. The van der Waals surface area contributed by atoms with Gasteiger partial charge in [-0.1, -0.05) is 35.9 Å². The molecule has 1 aromatic heterocycles. The van der Waals surface area contributed by atoms with Crippen LogP contribution in [0.4, 0.5) is 10.1 Å². The first kappa shape index (κ1) is 17.0. The number of anilines is 1. The maximum absolute atomic E-state index is 13.3. The van der Waals surface area contributed by atoms with E-state index in [0.717, 1.165) is 22.2 Å². The lowest BCUT2D eigenvalue weighted by atomic mass is 10.1. The van der Waals surface area contributed by atoms with Crippen molar-refractivity contribution in [1.82, 2.24) is 9.78 Å². The normalized spacial score (nSPS) is 10.9. The minimum Gasteiger partial charge on any atom is -0.320 e. The van der Waals surface area contributed by atoms with Gasteiger partial charge in [-0.3, -0.25) is 4.79 Å². The lowest BCUT2D eigenvalue weighted by Crippen LogP contribution is -2.14. The van der Waals surface area contributed by atoms with E-state index in [1.807, 2.05) is 55.5 Å². The Morgan fingerprint density at radius 3 is 2.48 bits per heavy atom. The minimum atomic E-state index is -0.334. The molecule has 1 heterocycles. The second kappa shape index (κ2) is 6.68. The minimum absolute atomic E-state index is 0.327. The number of amides is 1. The van der Waals surface area contributed by atoms with Crippen LogP contribution in [0.3, 0.4) is 0 Å². The zero-order chi connectivity index (χ0) is 19.0. The summed E-state index contributed by atoms with van der Waals surface area (Å²) in [6.45, 7) is 3.77. The van der Waals surface area contributed by atoms with Crippen LogP contribution in [0.2, 0.25) is 0 Å². The lowest BCUT2D eigenvalue weighted by molar-refractivity contribution is 0.102. The molecule has 134 valence electrons. The second-order valence-electron chi connectivity index (χ2n) is 6.53. The van der Waals surface area contributed by atoms with Gasteiger partial charge in [0, 0.05) is 11.1 Å². The summed E-state index contributed by atoms with van der Waals surface area (Å²) >= 11 is 0. The van der Waals surface area contributed by atoms with Crippen molar-refractivity contribution in [2.24, 2.45) is 0 Å². The van der Waals surface area contributed by atoms with E-state index >= 15 is 0 Å². The number of carbonyl (C=O) groups is 1. The maximum atomic E-state index is 13.3. The van der Waals surface area contributed by atoms with Crippen molar-refractivity contribution in [3.05, 3.63) is 89.4 Å². The van der Waals surface area contributed by atoms with E-state index in [-0.39, 0.29) is 11.7 Å². The number of nitrogens with one attached hydrogen (secondary N) is 1. The van der Waals surface area contributed by atoms with Gasteiger partial charge in [-0.15, -0.1) is 0 Å². The zero-order valence-corrected chi connectivity index (χ0v) is 15.0. The molecule has 5 heteroatoms. The van der Waals surface area contributed by atoms with Crippen LogP contribution >= 0.6 is 0 Å². The molecule has 1 amide bonds. The molecule has 0 aliphatic rings. The smallest absolute Gasteiger partial charge is 0.276 e. The average molecular weight is 359 g/mol. The first-order valence-electron chi connectivity index (χ1n) is 8.65. The van der Waals surface area contributed by atoms with Crippen molar-refractivity contribution >= 4 is 22.5 Å². The highest BCUT2D eigenvalue weighted by Crippen LogP contribution is 2.24. The van der Waals surface area contributed by atoms with Gasteiger partial charge in [0.2, 0.25) is 0 Å². The van der Waals surface area contributed by atoms with Gasteiger partial charge in [-0.2, -0.15) is 5.10 Å². The predicted octanol–water partition coefficient (Wildman–Crippen LogP) is 5.03. The number of benzene rings is 3. The molecule has 0 radical (unpaired) electrons. The summed E-state index contributed by atoms with van der Waals surface area (Å²) in [5.41, 5.74) is 4.44. The van der Waals surface area contributed by atoms with E-state index in [4.69, 9.17) is 0 Å². The number of nitrogens with zero attached hydrogens (tertiary/aromatic N) is 2. The number of rotatable bonds is 3. The molecule has 4 nitrogen and oxygen atoms in total. The fourth-order valence-corrected chi connectivity index (χ4v) is 3.07. The number of hydrogen-bond acceptors (Lipinski definition) is 2. The molecular formula is C22H18FN3O. The third-order valence-electron chi connectivity index (χ3n) is 4.52. The maximum Gasteiger partial charge on any atom is 0.276 e. The summed E-state index contributed by atoms with van der Waals surface area (Å²) in [7, 11) is 0. The highest BCUT2D eigenvalue weighted by atomic mass is 19.1. The third-order valence-corrected chi connectivity index (χ3v) is 4.52. The highest BCUT2D eigenvalue weighted by molar-refractivity contribution is 6.11. The van der Waals surface area contributed by atoms with Gasteiger partial charge >= 0.3 is 0 Å². The molecule has 0 bridgehead atoms. The van der Waals surface area contributed by atoms with Crippen LogP contribution < -0.4 is 5.32 Å². The largest absolute Gasteiger partial charge is 0.320 e. The molecule has 0 aliphatic heterocycles. The van der Waals surface area contributed by atoms with E-state index in [9.17, 15) is 9.18 Å². The van der Waals surface area contributed by atoms with E-state index in [0.29, 0.717) is 16.9 Å². The Hall–Kier alpha value is -3.47. The van der Waals surface area contributed by atoms with Gasteiger partial charge in [-0.25, -0.2) is 9.07 Å². The lowest BCUT2D eigenvalue weighted by Gasteiger charge is -2.07. The van der Waals surface area contributed by atoms with Crippen LogP contribution in [-0.2, 0) is 0 Å². The number of hydrogen-bond donors (Lipinski definition) is 1. The number of carbonyl (C=O) groups excluding carboxylic acids is 1. The topological polar surface area (TPSA) is 46.9 Å². The Morgan fingerprint density at radius 2 is 1.74 bits per heavy atom. The number of fused-ring (bicyclic) bond motifs is 1. The molecule has 0 spiro atoms. The van der Waals surface area contributed by atoms with E-state index in [2.05, 4.69) is 10.4 Å². The predicted molar refractivity (Wildman–Crippen MR) is 105 cm³/mol. The van der Waals surface area contributed by atoms with Crippen LogP contribution in [0.5, 0.6) is 0 Å². The molecule has 0 saturated heterocycles. The summed E-state index contributed by atoms with van der Waals surface area (Å²) in [6, 6.07) is 19.8. The standard InChI is InChI=1S/C22H18FN3O/c1-14-7-10-17(11-8-14)26-20-6-4-3-5-18(20)21(25-26)22(27)24-19-12-9-16(23)13-15(19)2/h3-13H,1-2H3,(H,24,27). The number of aryl methyl sites for hydroxylation is 2. The average Bonchev–Trinajstić information content (AvgIpc) is 3.04. The van der Waals surface area contributed by atoms with Crippen molar-refractivity contribution in [2.45, 2.75) is 13.8 Å². The molecule has 27 heavy (non-hydrogen) atoms. The monoisotopic (exact) mass is 359 g/mol. The van der Waals surface area contributed by atoms with Crippen LogP contribution in [0.1, 0.15) is 21.6 Å². The highest BCUT2D eigenvalue weighted by Gasteiger charge is 2.18. The fraction of sp³-hybridized carbons (Fsp3) is 0.0909. The van der Waals surface area contributed by atoms with Gasteiger partial charge in [0.1, 0.15) is 5.82 Å². The molecule has 4 aromatic rings. The first-order chi connectivity index (χ1) is 13.0.